The van der Waals surface area contributed by atoms with Gasteiger partial charge in [0.2, 0.25) is 5.91 Å². The predicted molar refractivity (Wildman–Crippen MR) is 98.4 cm³/mol. The summed E-state index contributed by atoms with van der Waals surface area (Å²) >= 11 is 0. The molecule has 1 aliphatic heterocycles. The number of carbonyl (C=O) groups is 1. The van der Waals surface area contributed by atoms with Crippen LogP contribution in [0.25, 0.3) is 0 Å². The lowest BCUT2D eigenvalue weighted by Crippen LogP contribution is -2.21. The standard InChI is InChI=1S/C20H23N3O2/c1-25-17-6-4-5-14-7-9-16(19(14)17)20(24)22-15-8-10-18(21-13-15)23-11-2-3-12-23/h4-6,8,10,13,16H,2-3,7,9,11-12H2,1H3,(H,22,24). The zero-order chi connectivity index (χ0) is 17.2. The molecule has 5 nitrogen and oxygen atoms in total. The maximum absolute atomic E-state index is 12.8. The van der Waals surface area contributed by atoms with Crippen LogP contribution in [-0.4, -0.2) is 31.1 Å². The molecule has 1 saturated heterocycles. The lowest BCUT2D eigenvalue weighted by Gasteiger charge is -2.17. The first-order valence-corrected chi connectivity index (χ1v) is 8.94. The van der Waals surface area contributed by atoms with E-state index in [-0.39, 0.29) is 11.8 Å². The molecule has 0 saturated carbocycles. The van der Waals surface area contributed by atoms with Crippen LogP contribution in [0.15, 0.2) is 36.5 Å². The Kier molecular flexibility index (Phi) is 4.30. The van der Waals surface area contributed by atoms with Gasteiger partial charge in [0.15, 0.2) is 0 Å². The van der Waals surface area contributed by atoms with Crippen molar-refractivity contribution in [3.8, 4) is 5.75 Å². The minimum absolute atomic E-state index is 0.0129. The van der Waals surface area contributed by atoms with Crippen molar-refractivity contribution in [3.05, 3.63) is 47.7 Å². The van der Waals surface area contributed by atoms with E-state index in [1.165, 1.54) is 18.4 Å². The van der Waals surface area contributed by atoms with Crippen molar-refractivity contribution in [1.82, 2.24) is 4.98 Å². The second-order valence-corrected chi connectivity index (χ2v) is 6.71. The first kappa shape index (κ1) is 15.9. The van der Waals surface area contributed by atoms with E-state index in [1.807, 2.05) is 24.3 Å². The van der Waals surface area contributed by atoms with Crippen LogP contribution in [0.4, 0.5) is 11.5 Å². The highest BCUT2D eigenvalue weighted by molar-refractivity contribution is 5.97. The van der Waals surface area contributed by atoms with E-state index in [0.717, 1.165) is 48.7 Å². The summed E-state index contributed by atoms with van der Waals surface area (Å²) in [4.78, 5) is 19.6. The molecule has 1 N–H and O–H groups in total. The number of anilines is 2. The number of hydrogen-bond acceptors (Lipinski definition) is 4. The van der Waals surface area contributed by atoms with Gasteiger partial charge in [0.1, 0.15) is 11.6 Å². The average Bonchev–Trinajstić information content (AvgIpc) is 3.32. The largest absolute Gasteiger partial charge is 0.496 e. The van der Waals surface area contributed by atoms with E-state index in [2.05, 4.69) is 21.3 Å². The van der Waals surface area contributed by atoms with E-state index >= 15 is 0 Å². The highest BCUT2D eigenvalue weighted by Crippen LogP contribution is 2.40. The number of aryl methyl sites for hydroxylation is 1. The van der Waals surface area contributed by atoms with Gasteiger partial charge < -0.3 is 15.0 Å². The Labute approximate surface area is 148 Å². The molecule has 1 amide bonds. The van der Waals surface area contributed by atoms with Crippen molar-refractivity contribution >= 4 is 17.4 Å². The predicted octanol–water partition coefficient (Wildman–Crippen LogP) is 3.36. The van der Waals surface area contributed by atoms with Crippen molar-refractivity contribution in [2.75, 3.05) is 30.4 Å². The number of ether oxygens (including phenoxy) is 1. The number of benzene rings is 1. The second kappa shape index (κ2) is 6.75. The van der Waals surface area contributed by atoms with Crippen LogP contribution in [0.2, 0.25) is 0 Å². The molecular weight excluding hydrogens is 314 g/mol. The third kappa shape index (κ3) is 3.06. The fourth-order valence-corrected chi connectivity index (χ4v) is 3.91. The van der Waals surface area contributed by atoms with E-state index in [1.54, 1.807) is 13.3 Å². The number of carbonyl (C=O) groups excluding carboxylic acids is 1. The number of methoxy groups -OCH3 is 1. The van der Waals surface area contributed by atoms with Crippen molar-refractivity contribution in [2.24, 2.45) is 0 Å². The van der Waals surface area contributed by atoms with Gasteiger partial charge in [-0.1, -0.05) is 12.1 Å². The highest BCUT2D eigenvalue weighted by atomic mass is 16.5. The van der Waals surface area contributed by atoms with Gasteiger partial charge in [-0.2, -0.15) is 0 Å². The van der Waals surface area contributed by atoms with Crippen LogP contribution in [-0.2, 0) is 11.2 Å². The Morgan fingerprint density at radius 1 is 1.24 bits per heavy atom. The SMILES string of the molecule is COc1cccc2c1C(C(=O)Nc1ccc(N3CCCC3)nc1)CC2. The van der Waals surface area contributed by atoms with Gasteiger partial charge in [-0.25, -0.2) is 4.98 Å². The number of pyridine rings is 1. The molecule has 4 rings (SSSR count). The minimum atomic E-state index is -0.163. The molecule has 2 aromatic rings. The lowest BCUT2D eigenvalue weighted by molar-refractivity contribution is -0.117. The first-order valence-electron chi connectivity index (χ1n) is 8.94. The topological polar surface area (TPSA) is 54.5 Å². The summed E-state index contributed by atoms with van der Waals surface area (Å²) in [5, 5.41) is 3.02. The van der Waals surface area contributed by atoms with E-state index in [9.17, 15) is 4.79 Å². The molecular formula is C20H23N3O2. The maximum atomic E-state index is 12.8. The molecule has 1 aromatic heterocycles. The molecule has 0 spiro atoms. The summed E-state index contributed by atoms with van der Waals surface area (Å²) in [5.41, 5.74) is 2.99. The Morgan fingerprint density at radius 2 is 2.08 bits per heavy atom. The molecule has 1 aliphatic carbocycles. The minimum Gasteiger partial charge on any atom is -0.496 e. The third-order valence-electron chi connectivity index (χ3n) is 5.19. The van der Waals surface area contributed by atoms with Gasteiger partial charge in [-0.15, -0.1) is 0 Å². The number of fused-ring (bicyclic) bond motifs is 1. The smallest absolute Gasteiger partial charge is 0.232 e. The van der Waals surface area contributed by atoms with E-state index < -0.39 is 0 Å². The monoisotopic (exact) mass is 337 g/mol. The molecule has 1 atom stereocenters. The van der Waals surface area contributed by atoms with Crippen LogP contribution in [0.1, 0.15) is 36.3 Å². The number of rotatable bonds is 4. The second-order valence-electron chi connectivity index (χ2n) is 6.71. The Balaban J connectivity index is 1.48. The van der Waals surface area contributed by atoms with Crippen LogP contribution < -0.4 is 15.0 Å². The number of amides is 1. The van der Waals surface area contributed by atoms with Crippen molar-refractivity contribution < 1.29 is 9.53 Å². The van der Waals surface area contributed by atoms with Gasteiger partial charge in [0.25, 0.3) is 0 Å². The van der Waals surface area contributed by atoms with Gasteiger partial charge in [0, 0.05) is 18.7 Å². The molecule has 130 valence electrons. The molecule has 2 aliphatic rings. The Morgan fingerprint density at radius 3 is 2.80 bits per heavy atom. The molecule has 1 aromatic carbocycles. The molecule has 0 radical (unpaired) electrons. The van der Waals surface area contributed by atoms with Crippen LogP contribution in [0.3, 0.4) is 0 Å². The summed E-state index contributed by atoms with van der Waals surface area (Å²) in [6, 6.07) is 9.92. The molecule has 1 unspecified atom stereocenters. The third-order valence-corrected chi connectivity index (χ3v) is 5.19. The fraction of sp³-hybridized carbons (Fsp3) is 0.400. The van der Waals surface area contributed by atoms with Crippen molar-refractivity contribution in [2.45, 2.75) is 31.6 Å². The van der Waals surface area contributed by atoms with Crippen molar-refractivity contribution in [3.63, 3.8) is 0 Å². The molecule has 2 heterocycles. The Hall–Kier alpha value is -2.56. The average molecular weight is 337 g/mol. The number of nitrogens with zero attached hydrogens (tertiary/aromatic N) is 2. The normalized spacial score (nSPS) is 18.9. The van der Waals surface area contributed by atoms with Gasteiger partial charge in [-0.05, 0) is 49.4 Å². The highest BCUT2D eigenvalue weighted by Gasteiger charge is 2.31. The number of nitrogens with one attached hydrogen (secondary N) is 1. The number of hydrogen-bond donors (Lipinski definition) is 1. The molecule has 0 bridgehead atoms. The van der Waals surface area contributed by atoms with Crippen LogP contribution in [0, 0.1) is 0 Å². The Bertz CT molecular complexity index is 767. The molecule has 25 heavy (non-hydrogen) atoms. The summed E-state index contributed by atoms with van der Waals surface area (Å²) in [6.07, 6.45) is 5.94. The summed E-state index contributed by atoms with van der Waals surface area (Å²) in [5.74, 6) is 1.64. The first-order chi connectivity index (χ1) is 12.3. The zero-order valence-electron chi connectivity index (χ0n) is 14.5. The van der Waals surface area contributed by atoms with Crippen molar-refractivity contribution in [1.29, 1.82) is 0 Å². The lowest BCUT2D eigenvalue weighted by atomic mass is 9.99. The summed E-state index contributed by atoms with van der Waals surface area (Å²) in [6.45, 7) is 2.13. The van der Waals surface area contributed by atoms with Crippen LogP contribution >= 0.6 is 0 Å². The zero-order valence-corrected chi connectivity index (χ0v) is 14.5. The number of aromatic nitrogens is 1. The van der Waals surface area contributed by atoms with Crippen LogP contribution in [0.5, 0.6) is 5.75 Å². The molecule has 5 heteroatoms. The molecule has 1 fully saturated rings. The maximum Gasteiger partial charge on any atom is 0.232 e. The summed E-state index contributed by atoms with van der Waals surface area (Å²) < 4.78 is 5.46. The quantitative estimate of drug-likeness (QED) is 0.929. The van der Waals surface area contributed by atoms with Gasteiger partial charge in [-0.3, -0.25) is 4.79 Å². The van der Waals surface area contributed by atoms with Gasteiger partial charge >= 0.3 is 0 Å². The van der Waals surface area contributed by atoms with E-state index in [0.29, 0.717) is 0 Å². The van der Waals surface area contributed by atoms with E-state index in [4.69, 9.17) is 4.74 Å². The summed E-state index contributed by atoms with van der Waals surface area (Å²) in [7, 11) is 1.66. The fourth-order valence-electron chi connectivity index (χ4n) is 3.91. The van der Waals surface area contributed by atoms with Gasteiger partial charge in [0.05, 0.1) is 24.9 Å².